The van der Waals surface area contributed by atoms with Crippen LogP contribution in [0.5, 0.6) is 0 Å². The number of rotatable bonds is 6. The SMILES string of the molecule is CCCOCC(NN)C1Cc2ccccc21. The highest BCUT2D eigenvalue weighted by Gasteiger charge is 2.32. The molecule has 0 heterocycles. The summed E-state index contributed by atoms with van der Waals surface area (Å²) in [6.45, 7) is 3.62. The van der Waals surface area contributed by atoms with Crippen molar-refractivity contribution in [3.05, 3.63) is 35.4 Å². The Morgan fingerprint density at radius 3 is 3.00 bits per heavy atom. The molecule has 3 heteroatoms. The molecule has 2 atom stereocenters. The van der Waals surface area contributed by atoms with Crippen LogP contribution in [0.3, 0.4) is 0 Å². The lowest BCUT2D eigenvalue weighted by molar-refractivity contribution is 0.101. The number of nitrogens with one attached hydrogen (secondary N) is 1. The van der Waals surface area contributed by atoms with Crippen LogP contribution in [0, 0.1) is 0 Å². The van der Waals surface area contributed by atoms with E-state index in [1.165, 1.54) is 11.1 Å². The van der Waals surface area contributed by atoms with E-state index in [2.05, 4.69) is 36.6 Å². The highest BCUT2D eigenvalue weighted by Crippen LogP contribution is 2.37. The van der Waals surface area contributed by atoms with Crippen LogP contribution in [0.4, 0.5) is 0 Å². The molecule has 0 bridgehead atoms. The average molecular weight is 220 g/mol. The van der Waals surface area contributed by atoms with E-state index in [-0.39, 0.29) is 6.04 Å². The third kappa shape index (κ3) is 2.26. The number of benzene rings is 1. The zero-order chi connectivity index (χ0) is 11.4. The minimum atomic E-state index is 0.237. The van der Waals surface area contributed by atoms with E-state index in [9.17, 15) is 0 Å². The smallest absolute Gasteiger partial charge is 0.0639 e. The van der Waals surface area contributed by atoms with E-state index >= 15 is 0 Å². The third-order valence-electron chi connectivity index (χ3n) is 3.24. The summed E-state index contributed by atoms with van der Waals surface area (Å²) in [6.07, 6.45) is 2.17. The van der Waals surface area contributed by atoms with Gasteiger partial charge >= 0.3 is 0 Å². The van der Waals surface area contributed by atoms with E-state index in [0.29, 0.717) is 12.5 Å². The molecule has 88 valence electrons. The van der Waals surface area contributed by atoms with Crippen LogP contribution in [0.15, 0.2) is 24.3 Å². The normalized spacial score (nSPS) is 20.0. The zero-order valence-corrected chi connectivity index (χ0v) is 9.78. The summed E-state index contributed by atoms with van der Waals surface area (Å²) in [5.74, 6) is 6.10. The molecule has 1 aliphatic rings. The van der Waals surface area contributed by atoms with Crippen LogP contribution >= 0.6 is 0 Å². The summed E-state index contributed by atoms with van der Waals surface area (Å²) in [5, 5.41) is 0. The lowest BCUT2D eigenvalue weighted by Crippen LogP contribution is -2.46. The monoisotopic (exact) mass is 220 g/mol. The van der Waals surface area contributed by atoms with Gasteiger partial charge in [0.1, 0.15) is 0 Å². The van der Waals surface area contributed by atoms with E-state index in [1.807, 2.05) is 0 Å². The topological polar surface area (TPSA) is 47.3 Å². The van der Waals surface area contributed by atoms with Gasteiger partial charge in [-0.3, -0.25) is 11.3 Å². The molecule has 0 aromatic heterocycles. The Balaban J connectivity index is 1.92. The van der Waals surface area contributed by atoms with Crippen LogP contribution in [-0.4, -0.2) is 19.3 Å². The highest BCUT2D eigenvalue weighted by atomic mass is 16.5. The van der Waals surface area contributed by atoms with Crippen molar-refractivity contribution in [3.8, 4) is 0 Å². The van der Waals surface area contributed by atoms with Crippen LogP contribution in [-0.2, 0) is 11.2 Å². The molecule has 0 amide bonds. The predicted octanol–water partition coefficient (Wildman–Crippen LogP) is 1.58. The van der Waals surface area contributed by atoms with Crippen molar-refractivity contribution in [2.75, 3.05) is 13.2 Å². The summed E-state index contributed by atoms with van der Waals surface area (Å²) < 4.78 is 5.57. The van der Waals surface area contributed by atoms with Crippen molar-refractivity contribution in [1.29, 1.82) is 0 Å². The fraction of sp³-hybridized carbons (Fsp3) is 0.538. The molecule has 16 heavy (non-hydrogen) atoms. The fourth-order valence-corrected chi connectivity index (χ4v) is 2.29. The van der Waals surface area contributed by atoms with Gasteiger partial charge < -0.3 is 4.74 Å². The number of ether oxygens (including phenoxy) is 1. The molecule has 0 saturated heterocycles. The maximum absolute atomic E-state index is 5.59. The molecule has 0 aliphatic heterocycles. The first kappa shape index (κ1) is 11.6. The maximum Gasteiger partial charge on any atom is 0.0639 e. The Hall–Kier alpha value is -0.900. The van der Waals surface area contributed by atoms with E-state index in [0.717, 1.165) is 19.4 Å². The van der Waals surface area contributed by atoms with Gasteiger partial charge in [-0.15, -0.1) is 0 Å². The first-order valence-electron chi connectivity index (χ1n) is 5.98. The largest absolute Gasteiger partial charge is 0.380 e. The second-order valence-corrected chi connectivity index (χ2v) is 4.36. The molecule has 2 unspecified atom stereocenters. The van der Waals surface area contributed by atoms with Gasteiger partial charge in [-0.05, 0) is 24.0 Å². The number of hydrazine groups is 1. The molecule has 1 aliphatic carbocycles. The minimum absolute atomic E-state index is 0.237. The molecule has 2 rings (SSSR count). The van der Waals surface area contributed by atoms with Crippen LogP contribution < -0.4 is 11.3 Å². The maximum atomic E-state index is 5.59. The van der Waals surface area contributed by atoms with Crippen LogP contribution in [0.1, 0.15) is 30.4 Å². The lowest BCUT2D eigenvalue weighted by Gasteiger charge is -2.36. The van der Waals surface area contributed by atoms with Crippen molar-refractivity contribution in [3.63, 3.8) is 0 Å². The summed E-state index contributed by atoms with van der Waals surface area (Å²) in [4.78, 5) is 0. The molecule has 3 nitrogen and oxygen atoms in total. The second-order valence-electron chi connectivity index (χ2n) is 4.36. The Morgan fingerprint density at radius 2 is 2.31 bits per heavy atom. The summed E-state index contributed by atoms with van der Waals surface area (Å²) in [7, 11) is 0. The molecule has 1 aromatic rings. The van der Waals surface area contributed by atoms with Crippen LogP contribution in [0.25, 0.3) is 0 Å². The molecule has 1 aromatic carbocycles. The van der Waals surface area contributed by atoms with E-state index in [4.69, 9.17) is 10.6 Å². The molecule has 0 fully saturated rings. The standard InChI is InChI=1S/C13H20N2O/c1-2-7-16-9-13(15-14)12-8-10-5-3-4-6-11(10)12/h3-6,12-13,15H,2,7-9,14H2,1H3. The number of hydrogen-bond acceptors (Lipinski definition) is 3. The molecular formula is C13H20N2O. The van der Waals surface area contributed by atoms with Gasteiger partial charge in [-0.25, -0.2) is 0 Å². The van der Waals surface area contributed by atoms with Crippen molar-refractivity contribution in [2.24, 2.45) is 5.84 Å². The average Bonchev–Trinajstić information content (AvgIpc) is 2.29. The number of fused-ring (bicyclic) bond motifs is 1. The van der Waals surface area contributed by atoms with Gasteiger partial charge in [0, 0.05) is 12.5 Å². The summed E-state index contributed by atoms with van der Waals surface area (Å²) in [5.41, 5.74) is 5.75. The first-order chi connectivity index (χ1) is 7.86. The molecule has 0 saturated carbocycles. The number of hydrogen-bond donors (Lipinski definition) is 2. The third-order valence-corrected chi connectivity index (χ3v) is 3.24. The predicted molar refractivity (Wildman–Crippen MR) is 65.1 cm³/mol. The van der Waals surface area contributed by atoms with Gasteiger partial charge in [-0.2, -0.15) is 0 Å². The van der Waals surface area contributed by atoms with Crippen molar-refractivity contribution in [1.82, 2.24) is 5.43 Å². The van der Waals surface area contributed by atoms with Gasteiger partial charge in [0.2, 0.25) is 0 Å². The Bertz CT molecular complexity index is 340. The molecular weight excluding hydrogens is 200 g/mol. The van der Waals surface area contributed by atoms with Gasteiger partial charge in [0.25, 0.3) is 0 Å². The zero-order valence-electron chi connectivity index (χ0n) is 9.78. The quantitative estimate of drug-likeness (QED) is 0.435. The van der Waals surface area contributed by atoms with E-state index < -0.39 is 0 Å². The summed E-state index contributed by atoms with van der Waals surface area (Å²) >= 11 is 0. The van der Waals surface area contributed by atoms with Gasteiger partial charge in [-0.1, -0.05) is 31.2 Å². The van der Waals surface area contributed by atoms with Crippen LogP contribution in [0.2, 0.25) is 0 Å². The second kappa shape index (κ2) is 5.43. The molecule has 0 radical (unpaired) electrons. The Morgan fingerprint density at radius 1 is 1.50 bits per heavy atom. The Kier molecular flexibility index (Phi) is 3.93. The summed E-state index contributed by atoms with van der Waals surface area (Å²) in [6, 6.07) is 8.79. The van der Waals surface area contributed by atoms with Crippen molar-refractivity contribution in [2.45, 2.75) is 31.7 Å². The van der Waals surface area contributed by atoms with E-state index in [1.54, 1.807) is 0 Å². The van der Waals surface area contributed by atoms with Gasteiger partial charge in [0.05, 0.1) is 12.6 Å². The molecule has 0 spiro atoms. The van der Waals surface area contributed by atoms with Crippen molar-refractivity contribution < 1.29 is 4.74 Å². The van der Waals surface area contributed by atoms with Crippen molar-refractivity contribution >= 4 is 0 Å². The Labute approximate surface area is 97.0 Å². The lowest BCUT2D eigenvalue weighted by atomic mass is 9.74. The molecule has 3 N–H and O–H groups in total. The number of nitrogens with two attached hydrogens (primary N) is 1. The highest BCUT2D eigenvalue weighted by molar-refractivity contribution is 5.41. The minimum Gasteiger partial charge on any atom is -0.380 e. The fourth-order valence-electron chi connectivity index (χ4n) is 2.29. The van der Waals surface area contributed by atoms with Gasteiger partial charge in [0.15, 0.2) is 0 Å². The first-order valence-corrected chi connectivity index (χ1v) is 5.98.